The largest absolute Gasteiger partial charge is 0.420 e. The molecule has 1 saturated heterocycles. The van der Waals surface area contributed by atoms with Crippen LogP contribution >= 0.6 is 15.9 Å². The Balaban J connectivity index is 1.52. The first-order chi connectivity index (χ1) is 14.6. The fraction of sp³-hybridized carbons (Fsp3) is 0.300. The lowest BCUT2D eigenvalue weighted by molar-refractivity contribution is -0.137. The van der Waals surface area contributed by atoms with Gasteiger partial charge in [0.15, 0.2) is 0 Å². The molecule has 1 unspecified atom stereocenters. The Labute approximate surface area is 185 Å². The van der Waals surface area contributed by atoms with Gasteiger partial charge in [-0.25, -0.2) is 8.42 Å². The first-order valence-corrected chi connectivity index (χ1v) is 11.6. The molecule has 2 aromatic carbocycles. The Bertz CT molecular complexity index is 1160. The predicted molar refractivity (Wildman–Crippen MR) is 110 cm³/mol. The maximum atomic E-state index is 13.0. The number of hydrogen-bond acceptors (Lipinski definition) is 5. The van der Waals surface area contributed by atoms with Crippen LogP contribution in [0.15, 0.2) is 62.3 Å². The molecule has 1 atom stereocenters. The van der Waals surface area contributed by atoms with Crippen LogP contribution in [0.4, 0.5) is 13.2 Å². The Morgan fingerprint density at radius 1 is 1.03 bits per heavy atom. The number of alkyl halides is 3. The van der Waals surface area contributed by atoms with Crippen LogP contribution in [-0.4, -0.2) is 36.0 Å². The zero-order valence-corrected chi connectivity index (χ0v) is 18.4. The zero-order chi connectivity index (χ0) is 22.2. The average molecular weight is 516 g/mol. The topological polar surface area (TPSA) is 76.3 Å². The van der Waals surface area contributed by atoms with Gasteiger partial charge in [-0.1, -0.05) is 15.9 Å². The summed E-state index contributed by atoms with van der Waals surface area (Å²) in [5.74, 6) is 0.0666. The monoisotopic (exact) mass is 515 g/mol. The molecule has 6 nitrogen and oxygen atoms in total. The molecule has 0 spiro atoms. The molecule has 0 amide bonds. The van der Waals surface area contributed by atoms with Crippen molar-refractivity contribution < 1.29 is 26.0 Å². The van der Waals surface area contributed by atoms with Gasteiger partial charge in [-0.3, -0.25) is 0 Å². The molecule has 31 heavy (non-hydrogen) atoms. The second kappa shape index (κ2) is 8.36. The number of benzene rings is 2. The molecule has 1 fully saturated rings. The van der Waals surface area contributed by atoms with Crippen LogP contribution in [0, 0.1) is 0 Å². The highest BCUT2D eigenvalue weighted by Gasteiger charge is 2.34. The van der Waals surface area contributed by atoms with Crippen molar-refractivity contribution in [1.29, 1.82) is 0 Å². The molecule has 1 aromatic heterocycles. The maximum Gasteiger partial charge on any atom is 0.416 e. The Morgan fingerprint density at radius 3 is 2.35 bits per heavy atom. The summed E-state index contributed by atoms with van der Waals surface area (Å²) in [7, 11) is -3.67. The Kier molecular flexibility index (Phi) is 5.93. The summed E-state index contributed by atoms with van der Waals surface area (Å²) >= 11 is 3.29. The summed E-state index contributed by atoms with van der Waals surface area (Å²) in [6.07, 6.45) is -3.14. The maximum absolute atomic E-state index is 13.0. The normalized spacial score (nSPS) is 18.3. The molecular formula is C20H17BrF3N3O3S. The first kappa shape index (κ1) is 22.0. The summed E-state index contributed by atoms with van der Waals surface area (Å²) in [5.41, 5.74) is -0.404. The van der Waals surface area contributed by atoms with E-state index in [1.165, 1.54) is 16.4 Å². The van der Waals surface area contributed by atoms with E-state index >= 15 is 0 Å². The van der Waals surface area contributed by atoms with E-state index in [-0.39, 0.29) is 29.1 Å². The quantitative estimate of drug-likeness (QED) is 0.483. The van der Waals surface area contributed by atoms with Gasteiger partial charge in [-0.2, -0.15) is 17.5 Å². The van der Waals surface area contributed by atoms with Crippen molar-refractivity contribution in [2.24, 2.45) is 0 Å². The van der Waals surface area contributed by atoms with E-state index in [2.05, 4.69) is 26.1 Å². The number of hydrogen-bond donors (Lipinski definition) is 0. The molecule has 1 aliphatic rings. The SMILES string of the molecule is O=S(=O)(c1ccc(Br)cc1)N1CCCC(c2nnc(-c3ccc(C(F)(F)F)cc3)o2)C1. The van der Waals surface area contributed by atoms with Crippen LogP contribution in [0.5, 0.6) is 0 Å². The molecular weight excluding hydrogens is 499 g/mol. The van der Waals surface area contributed by atoms with Crippen LogP contribution < -0.4 is 0 Å². The zero-order valence-electron chi connectivity index (χ0n) is 16.0. The molecule has 0 saturated carbocycles. The number of nitrogens with zero attached hydrogens (tertiary/aromatic N) is 3. The average Bonchev–Trinajstić information content (AvgIpc) is 3.24. The van der Waals surface area contributed by atoms with Crippen LogP contribution in [-0.2, 0) is 16.2 Å². The second-order valence-electron chi connectivity index (χ2n) is 7.18. The Morgan fingerprint density at radius 2 is 1.71 bits per heavy atom. The molecule has 164 valence electrons. The van der Waals surface area contributed by atoms with E-state index in [9.17, 15) is 21.6 Å². The van der Waals surface area contributed by atoms with Crippen molar-refractivity contribution in [1.82, 2.24) is 14.5 Å². The van der Waals surface area contributed by atoms with Gasteiger partial charge in [-0.05, 0) is 61.4 Å². The van der Waals surface area contributed by atoms with Crippen LogP contribution in [0.1, 0.15) is 30.2 Å². The molecule has 0 aliphatic carbocycles. The number of aromatic nitrogens is 2. The minimum atomic E-state index is -4.43. The molecule has 0 N–H and O–H groups in total. The molecule has 3 aromatic rings. The smallest absolute Gasteiger partial charge is 0.416 e. The summed E-state index contributed by atoms with van der Waals surface area (Å²) < 4.78 is 72.0. The molecule has 11 heteroatoms. The molecule has 0 bridgehead atoms. The van der Waals surface area contributed by atoms with Gasteiger partial charge in [0.1, 0.15) is 0 Å². The second-order valence-corrected chi connectivity index (χ2v) is 10.0. The van der Waals surface area contributed by atoms with Crippen LogP contribution in [0.3, 0.4) is 0 Å². The number of rotatable bonds is 4. The number of sulfonamides is 1. The van der Waals surface area contributed by atoms with Gasteiger partial charge in [0, 0.05) is 23.1 Å². The third kappa shape index (κ3) is 4.68. The lowest BCUT2D eigenvalue weighted by Gasteiger charge is -2.30. The van der Waals surface area contributed by atoms with Crippen molar-refractivity contribution in [2.45, 2.75) is 29.8 Å². The Hall–Kier alpha value is -2.24. The standard InChI is InChI=1S/C20H17BrF3N3O3S/c21-16-7-9-17(10-8-16)31(28,29)27-11-1-2-14(12-27)19-26-25-18(30-19)13-3-5-15(6-4-13)20(22,23)24/h3-10,14H,1-2,11-12H2. The van der Waals surface area contributed by atoms with Crippen LogP contribution in [0.2, 0.25) is 0 Å². The van der Waals surface area contributed by atoms with Crippen molar-refractivity contribution in [2.75, 3.05) is 13.1 Å². The van der Waals surface area contributed by atoms with E-state index in [1.54, 1.807) is 24.3 Å². The van der Waals surface area contributed by atoms with Gasteiger partial charge >= 0.3 is 6.18 Å². The lowest BCUT2D eigenvalue weighted by Crippen LogP contribution is -2.39. The highest BCUT2D eigenvalue weighted by atomic mass is 79.9. The summed E-state index contributed by atoms with van der Waals surface area (Å²) in [4.78, 5) is 0.201. The molecule has 0 radical (unpaired) electrons. The van der Waals surface area contributed by atoms with Gasteiger partial charge < -0.3 is 4.42 Å². The summed E-state index contributed by atoms with van der Waals surface area (Å²) in [6.45, 7) is 0.571. The lowest BCUT2D eigenvalue weighted by atomic mass is 10.00. The summed E-state index contributed by atoms with van der Waals surface area (Å²) in [5, 5.41) is 7.96. The summed E-state index contributed by atoms with van der Waals surface area (Å²) in [6, 6.07) is 10.9. The molecule has 1 aliphatic heterocycles. The van der Waals surface area contributed by atoms with E-state index in [0.717, 1.165) is 16.6 Å². The van der Waals surface area contributed by atoms with E-state index in [1.807, 2.05) is 0 Å². The third-order valence-corrected chi connectivity index (χ3v) is 7.49. The number of halogens is 4. The minimum absolute atomic E-state index is 0.0941. The number of piperidine rings is 1. The van der Waals surface area contributed by atoms with Gasteiger partial charge in [0.2, 0.25) is 21.8 Å². The van der Waals surface area contributed by atoms with Crippen molar-refractivity contribution in [3.05, 3.63) is 64.5 Å². The fourth-order valence-electron chi connectivity index (χ4n) is 3.44. The minimum Gasteiger partial charge on any atom is -0.420 e. The van der Waals surface area contributed by atoms with Crippen molar-refractivity contribution in [3.8, 4) is 11.5 Å². The highest BCUT2D eigenvalue weighted by Crippen LogP contribution is 2.33. The van der Waals surface area contributed by atoms with Crippen molar-refractivity contribution in [3.63, 3.8) is 0 Å². The van der Waals surface area contributed by atoms with E-state index < -0.39 is 21.8 Å². The fourth-order valence-corrected chi connectivity index (χ4v) is 5.22. The van der Waals surface area contributed by atoms with Gasteiger partial charge in [0.25, 0.3) is 0 Å². The predicted octanol–water partition coefficient (Wildman–Crippen LogP) is 5.09. The first-order valence-electron chi connectivity index (χ1n) is 9.41. The van der Waals surface area contributed by atoms with Crippen molar-refractivity contribution >= 4 is 26.0 Å². The van der Waals surface area contributed by atoms with Gasteiger partial charge in [0.05, 0.1) is 16.4 Å². The van der Waals surface area contributed by atoms with Gasteiger partial charge in [-0.15, -0.1) is 10.2 Å². The van der Waals surface area contributed by atoms with Crippen LogP contribution in [0.25, 0.3) is 11.5 Å². The van der Waals surface area contributed by atoms with E-state index in [0.29, 0.717) is 24.9 Å². The molecule has 4 rings (SSSR count). The molecule has 2 heterocycles. The van der Waals surface area contributed by atoms with E-state index in [4.69, 9.17) is 4.42 Å². The third-order valence-electron chi connectivity index (χ3n) is 5.08. The highest BCUT2D eigenvalue weighted by molar-refractivity contribution is 9.10.